The lowest BCUT2D eigenvalue weighted by Crippen LogP contribution is -2.60. The normalized spacial score (nSPS) is 23.4. The largest absolute Gasteiger partial charge is 0.493 e. The minimum absolute atomic E-state index is 0.0169. The molecular weight excluding hydrogens is 550 g/mol. The van der Waals surface area contributed by atoms with Crippen LogP contribution in [-0.2, 0) is 22.4 Å². The fourth-order valence-electron chi connectivity index (χ4n) is 7.15. The summed E-state index contributed by atoms with van der Waals surface area (Å²) in [7, 11) is 3.25. The summed E-state index contributed by atoms with van der Waals surface area (Å²) in [5.41, 5.74) is 2.45. The molecule has 43 heavy (non-hydrogen) atoms. The summed E-state index contributed by atoms with van der Waals surface area (Å²) in [6.07, 6.45) is 6.85. The second kappa shape index (κ2) is 12.6. The summed E-state index contributed by atoms with van der Waals surface area (Å²) in [5.74, 6) is 1.77. The molecule has 3 aliphatic heterocycles. The quantitative estimate of drug-likeness (QED) is 0.493. The minimum Gasteiger partial charge on any atom is -0.493 e. The van der Waals surface area contributed by atoms with Crippen molar-refractivity contribution >= 4 is 28.8 Å². The van der Waals surface area contributed by atoms with E-state index < -0.39 is 0 Å². The Morgan fingerprint density at radius 1 is 1.05 bits per heavy atom. The van der Waals surface area contributed by atoms with E-state index in [2.05, 4.69) is 21.5 Å². The average molecular weight is 590 g/mol. The maximum absolute atomic E-state index is 13.8. The molecule has 11 heteroatoms. The van der Waals surface area contributed by atoms with Gasteiger partial charge in [0.05, 0.1) is 19.6 Å². The zero-order chi connectivity index (χ0) is 29.9. The van der Waals surface area contributed by atoms with Gasteiger partial charge < -0.3 is 29.1 Å². The predicted octanol–water partition coefficient (Wildman–Crippen LogP) is 3.39. The van der Waals surface area contributed by atoms with E-state index >= 15 is 0 Å². The van der Waals surface area contributed by atoms with E-state index in [9.17, 15) is 14.4 Å². The standard InChI is InChI=1S/C32H39N5O6/c1-41-26-16-20-10-11-28(39)37-18-21-15-23(19-36(17-21)32(40)30-24-7-5-13-34-31(24)35-43-30)25(37)8-3-9-27(38)33-12-4-6-22(14-20)29(26)42-2/h5,7,13-14,16,21,23,25H,3-4,6,8-12,15,17-19H2,1-2H3,(H,33,38)/t21-,23+,25-/m0/s1. The van der Waals surface area contributed by atoms with E-state index in [1.54, 1.807) is 32.5 Å². The monoisotopic (exact) mass is 589 g/mol. The Morgan fingerprint density at radius 2 is 1.93 bits per heavy atom. The minimum atomic E-state index is -0.193. The smallest absolute Gasteiger partial charge is 0.293 e. The summed E-state index contributed by atoms with van der Waals surface area (Å²) < 4.78 is 16.7. The lowest BCUT2D eigenvalue weighted by atomic mass is 9.77. The number of hydrogen-bond acceptors (Lipinski definition) is 8. The highest BCUT2D eigenvalue weighted by Crippen LogP contribution is 2.38. The van der Waals surface area contributed by atoms with E-state index in [4.69, 9.17) is 14.0 Å². The van der Waals surface area contributed by atoms with Crippen LogP contribution in [0.1, 0.15) is 60.2 Å². The number of hydrogen-bond donors (Lipinski definition) is 1. The number of piperidine rings is 2. The number of nitrogens with zero attached hydrogens (tertiary/aromatic N) is 4. The fraction of sp³-hybridized carbons (Fsp3) is 0.531. The third kappa shape index (κ3) is 6.03. The number of amides is 3. The van der Waals surface area contributed by atoms with Gasteiger partial charge in [-0.1, -0.05) is 11.2 Å². The van der Waals surface area contributed by atoms with E-state index in [1.807, 2.05) is 15.9 Å². The molecule has 4 bridgehead atoms. The van der Waals surface area contributed by atoms with Gasteiger partial charge in [0.1, 0.15) is 0 Å². The fourth-order valence-corrected chi connectivity index (χ4v) is 7.15. The summed E-state index contributed by atoms with van der Waals surface area (Å²) in [6.45, 7) is 2.24. The molecule has 0 spiro atoms. The highest BCUT2D eigenvalue weighted by Gasteiger charge is 2.44. The molecule has 0 saturated carbocycles. The number of rotatable bonds is 3. The van der Waals surface area contributed by atoms with Gasteiger partial charge in [0.2, 0.25) is 23.2 Å². The van der Waals surface area contributed by atoms with Gasteiger partial charge in [-0.05, 0) is 79.7 Å². The molecule has 3 amide bonds. The number of aromatic nitrogens is 2. The second-order valence-corrected chi connectivity index (χ2v) is 11.9. The number of ether oxygens (including phenoxy) is 2. The maximum atomic E-state index is 13.8. The number of carbonyl (C=O) groups excluding carboxylic acids is 3. The molecule has 2 fully saturated rings. The number of methoxy groups -OCH3 is 2. The molecule has 6 rings (SSSR count). The molecule has 3 aromatic rings. The van der Waals surface area contributed by atoms with Crippen molar-refractivity contribution in [2.75, 3.05) is 40.4 Å². The Hall–Kier alpha value is -4.15. The van der Waals surface area contributed by atoms with Gasteiger partial charge in [0.15, 0.2) is 11.5 Å². The second-order valence-electron chi connectivity index (χ2n) is 11.9. The van der Waals surface area contributed by atoms with Gasteiger partial charge in [-0.15, -0.1) is 0 Å². The Labute approximate surface area is 250 Å². The Kier molecular flexibility index (Phi) is 8.49. The molecule has 3 atom stereocenters. The van der Waals surface area contributed by atoms with Gasteiger partial charge in [0, 0.05) is 51.3 Å². The first-order chi connectivity index (χ1) is 20.9. The zero-order valence-electron chi connectivity index (χ0n) is 24.8. The predicted molar refractivity (Wildman–Crippen MR) is 158 cm³/mol. The molecule has 3 aliphatic rings. The number of aryl methyl sites for hydroxylation is 2. The van der Waals surface area contributed by atoms with Crippen LogP contribution in [0.3, 0.4) is 0 Å². The van der Waals surface area contributed by atoms with Crippen LogP contribution in [-0.4, -0.2) is 84.1 Å². The van der Waals surface area contributed by atoms with Crippen molar-refractivity contribution in [3.05, 3.63) is 47.3 Å². The number of pyridine rings is 1. The van der Waals surface area contributed by atoms with Crippen molar-refractivity contribution in [2.45, 2.75) is 57.4 Å². The summed E-state index contributed by atoms with van der Waals surface area (Å²) in [5, 5.41) is 7.62. The van der Waals surface area contributed by atoms with Crippen molar-refractivity contribution in [1.82, 2.24) is 25.3 Å². The van der Waals surface area contributed by atoms with Crippen LogP contribution in [0.5, 0.6) is 11.5 Å². The molecule has 228 valence electrons. The van der Waals surface area contributed by atoms with Crippen LogP contribution in [0.2, 0.25) is 0 Å². The lowest BCUT2D eigenvalue weighted by Gasteiger charge is -2.51. The van der Waals surface area contributed by atoms with Crippen molar-refractivity contribution in [2.24, 2.45) is 11.8 Å². The first kappa shape index (κ1) is 28.9. The first-order valence-corrected chi connectivity index (χ1v) is 15.2. The summed E-state index contributed by atoms with van der Waals surface area (Å²) in [4.78, 5) is 48.2. The van der Waals surface area contributed by atoms with Crippen molar-refractivity contribution < 1.29 is 28.4 Å². The molecule has 0 radical (unpaired) electrons. The van der Waals surface area contributed by atoms with Crippen LogP contribution in [0.4, 0.5) is 0 Å². The Morgan fingerprint density at radius 3 is 2.77 bits per heavy atom. The highest BCUT2D eigenvalue weighted by atomic mass is 16.5. The van der Waals surface area contributed by atoms with Gasteiger partial charge in [-0.2, -0.15) is 0 Å². The van der Waals surface area contributed by atoms with Crippen molar-refractivity contribution in [3.63, 3.8) is 0 Å². The van der Waals surface area contributed by atoms with Crippen LogP contribution in [0, 0.1) is 11.8 Å². The van der Waals surface area contributed by atoms with Gasteiger partial charge >= 0.3 is 0 Å². The molecule has 5 heterocycles. The molecule has 11 nitrogen and oxygen atoms in total. The van der Waals surface area contributed by atoms with Crippen LogP contribution < -0.4 is 14.8 Å². The van der Waals surface area contributed by atoms with Gasteiger partial charge in [0.25, 0.3) is 5.91 Å². The lowest BCUT2D eigenvalue weighted by molar-refractivity contribution is -0.140. The topological polar surface area (TPSA) is 127 Å². The number of benzene rings is 1. The van der Waals surface area contributed by atoms with Gasteiger partial charge in [-0.25, -0.2) is 4.98 Å². The Bertz CT molecular complexity index is 1500. The van der Waals surface area contributed by atoms with Crippen LogP contribution >= 0.6 is 0 Å². The summed E-state index contributed by atoms with van der Waals surface area (Å²) in [6, 6.07) is 7.56. The maximum Gasteiger partial charge on any atom is 0.293 e. The summed E-state index contributed by atoms with van der Waals surface area (Å²) >= 11 is 0. The molecule has 2 aromatic heterocycles. The van der Waals surface area contributed by atoms with Crippen molar-refractivity contribution in [1.29, 1.82) is 0 Å². The van der Waals surface area contributed by atoms with E-state index in [0.29, 0.717) is 80.8 Å². The van der Waals surface area contributed by atoms with E-state index in [-0.39, 0.29) is 41.4 Å². The van der Waals surface area contributed by atoms with E-state index in [1.165, 1.54) is 0 Å². The third-order valence-electron chi connectivity index (χ3n) is 9.12. The molecule has 0 aliphatic carbocycles. The zero-order valence-corrected chi connectivity index (χ0v) is 24.8. The number of nitrogens with one attached hydrogen (secondary N) is 1. The first-order valence-electron chi connectivity index (χ1n) is 15.2. The highest BCUT2D eigenvalue weighted by molar-refractivity contribution is 6.02. The molecule has 1 aromatic carbocycles. The van der Waals surface area contributed by atoms with Crippen molar-refractivity contribution in [3.8, 4) is 11.5 Å². The molecule has 2 saturated heterocycles. The van der Waals surface area contributed by atoms with Crippen LogP contribution in [0.25, 0.3) is 11.0 Å². The van der Waals surface area contributed by atoms with Crippen LogP contribution in [0.15, 0.2) is 35.0 Å². The number of likely N-dealkylation sites (tertiary alicyclic amines) is 1. The number of carbonyl (C=O) groups is 3. The number of fused-ring (bicyclic) bond motifs is 7. The molecule has 1 N–H and O–H groups in total. The third-order valence-corrected chi connectivity index (χ3v) is 9.12. The molecule has 0 unspecified atom stereocenters. The van der Waals surface area contributed by atoms with E-state index in [0.717, 1.165) is 30.4 Å². The Balaban J connectivity index is 1.23. The molecular formula is C32H39N5O6. The average Bonchev–Trinajstić information content (AvgIpc) is 3.45. The van der Waals surface area contributed by atoms with Gasteiger partial charge in [-0.3, -0.25) is 14.4 Å². The SMILES string of the molecule is COc1cc2cc(c1OC)CCCNC(=O)CCC[C@H]1[C@@H]3C[C@@H](CN(C(=O)c4onc5ncccc45)C3)CN1C(=O)CC2.